The number of hydrazone groups is 1. The highest BCUT2D eigenvalue weighted by Gasteiger charge is 2.11. The van der Waals surface area contributed by atoms with Gasteiger partial charge in [0.25, 0.3) is 10.0 Å². The minimum absolute atomic E-state index is 0.00130. The van der Waals surface area contributed by atoms with Crippen molar-refractivity contribution in [2.75, 3.05) is 0 Å². The molecular formula is C7H11N5O4S. The lowest BCUT2D eigenvalue weighted by atomic mass is 10.4. The third kappa shape index (κ3) is 4.24. The highest BCUT2D eigenvalue weighted by molar-refractivity contribution is 7.89. The number of benzene rings is 1. The second-order valence-corrected chi connectivity index (χ2v) is 4.47. The lowest BCUT2D eigenvalue weighted by Gasteiger charge is -2.08. The average molecular weight is 261 g/mol. The minimum Gasteiger partial charge on any atom is -0.367 e. The van der Waals surface area contributed by atoms with Crippen LogP contribution in [-0.4, -0.2) is 30.1 Å². The Morgan fingerprint density at radius 3 is 2.41 bits per heavy atom. The molecule has 10 heteroatoms. The molecule has 0 unspecified atom stereocenters. The molecular weight excluding hydrogens is 250 g/mol. The van der Waals surface area contributed by atoms with Crippen LogP contribution >= 0.6 is 0 Å². The van der Waals surface area contributed by atoms with Crippen molar-refractivity contribution in [3.05, 3.63) is 30.3 Å². The summed E-state index contributed by atoms with van der Waals surface area (Å²) in [6.07, 6.45) is 0. The lowest BCUT2D eigenvalue weighted by Crippen LogP contribution is -2.43. The van der Waals surface area contributed by atoms with Gasteiger partial charge in [0.05, 0.1) is 4.90 Å². The first kappa shape index (κ1) is 13.2. The predicted molar refractivity (Wildman–Crippen MR) is 56.9 cm³/mol. The summed E-state index contributed by atoms with van der Waals surface area (Å²) in [7, 11) is -3.83. The maximum atomic E-state index is 11.6. The van der Waals surface area contributed by atoms with Crippen molar-refractivity contribution >= 4 is 16.0 Å². The maximum absolute atomic E-state index is 11.6. The Hall–Kier alpha value is -1.88. The molecule has 9 nitrogen and oxygen atoms in total. The van der Waals surface area contributed by atoms with Crippen LogP contribution < -0.4 is 16.0 Å². The lowest BCUT2D eigenvalue weighted by molar-refractivity contribution is -0.329. The van der Waals surface area contributed by atoms with Gasteiger partial charge in [0.1, 0.15) is 0 Å². The number of nitrogens with one attached hydrogen (secondary N) is 2. The van der Waals surface area contributed by atoms with Crippen LogP contribution in [0.3, 0.4) is 0 Å². The normalized spacial score (nSPS) is 12.5. The quantitative estimate of drug-likeness (QED) is 0.260. The second-order valence-electron chi connectivity index (χ2n) is 2.81. The minimum atomic E-state index is -3.83. The van der Waals surface area contributed by atoms with Crippen molar-refractivity contribution < 1.29 is 18.8 Å². The SMILES string of the molecule is NC(=NNS(=O)(=O)c1ccccc1)NN(O)O. The van der Waals surface area contributed by atoms with Crippen molar-refractivity contribution in [2.45, 2.75) is 4.90 Å². The summed E-state index contributed by atoms with van der Waals surface area (Å²) < 4.78 is 23.2. The van der Waals surface area contributed by atoms with Gasteiger partial charge in [0, 0.05) is 5.34 Å². The van der Waals surface area contributed by atoms with Crippen LogP contribution in [0.1, 0.15) is 0 Å². The molecule has 0 fully saturated rings. The summed E-state index contributed by atoms with van der Waals surface area (Å²) in [6, 6.07) is 7.48. The van der Waals surface area contributed by atoms with Gasteiger partial charge in [0.15, 0.2) is 0 Å². The van der Waals surface area contributed by atoms with E-state index in [-0.39, 0.29) is 4.90 Å². The second kappa shape index (κ2) is 5.45. The Balaban J connectivity index is 2.75. The topological polar surface area (TPSA) is 140 Å². The largest absolute Gasteiger partial charge is 0.367 e. The van der Waals surface area contributed by atoms with Gasteiger partial charge >= 0.3 is 0 Å². The van der Waals surface area contributed by atoms with Crippen molar-refractivity contribution in [3.63, 3.8) is 0 Å². The Kier molecular flexibility index (Phi) is 4.23. The van der Waals surface area contributed by atoms with E-state index in [0.717, 1.165) is 0 Å². The van der Waals surface area contributed by atoms with Crippen LogP contribution in [-0.2, 0) is 10.0 Å². The molecule has 0 aliphatic carbocycles. The average Bonchev–Trinajstić information content (AvgIpc) is 2.27. The third-order valence-electron chi connectivity index (χ3n) is 1.55. The number of nitrogens with two attached hydrogens (primary N) is 1. The molecule has 0 aliphatic heterocycles. The van der Waals surface area contributed by atoms with E-state index in [1.807, 2.05) is 0 Å². The molecule has 1 aromatic rings. The van der Waals surface area contributed by atoms with Crippen LogP contribution in [0.4, 0.5) is 0 Å². The van der Waals surface area contributed by atoms with E-state index >= 15 is 0 Å². The van der Waals surface area contributed by atoms with Crippen LogP contribution in [0.15, 0.2) is 40.3 Å². The monoisotopic (exact) mass is 261 g/mol. The van der Waals surface area contributed by atoms with Crippen LogP contribution in [0, 0.1) is 0 Å². The molecule has 94 valence electrons. The first-order chi connectivity index (χ1) is 7.92. The number of hydrazine groups is 1. The summed E-state index contributed by atoms with van der Waals surface area (Å²) in [5, 5.41) is 19.4. The van der Waals surface area contributed by atoms with Crippen molar-refractivity contribution in [3.8, 4) is 0 Å². The smallest absolute Gasteiger partial charge is 0.276 e. The van der Waals surface area contributed by atoms with E-state index in [0.29, 0.717) is 0 Å². The van der Waals surface area contributed by atoms with E-state index in [1.54, 1.807) is 28.5 Å². The third-order valence-corrected chi connectivity index (χ3v) is 2.78. The molecule has 0 heterocycles. The van der Waals surface area contributed by atoms with E-state index in [9.17, 15) is 8.42 Å². The predicted octanol–water partition coefficient (Wildman–Crippen LogP) is -1.22. The Labute approximate surface area is 97.1 Å². The Bertz CT molecular complexity index is 486. The molecule has 0 atom stereocenters. The molecule has 0 aromatic heterocycles. The zero-order chi connectivity index (χ0) is 12.9. The van der Waals surface area contributed by atoms with Crippen molar-refractivity contribution in [1.82, 2.24) is 15.6 Å². The van der Waals surface area contributed by atoms with Crippen molar-refractivity contribution in [1.29, 1.82) is 0 Å². The molecule has 1 rings (SSSR count). The number of hydrogen-bond donors (Lipinski definition) is 5. The Morgan fingerprint density at radius 2 is 1.88 bits per heavy atom. The molecule has 0 radical (unpaired) electrons. The van der Waals surface area contributed by atoms with Gasteiger partial charge in [-0.05, 0) is 12.1 Å². The van der Waals surface area contributed by atoms with Crippen LogP contribution in [0.5, 0.6) is 0 Å². The van der Waals surface area contributed by atoms with Gasteiger partial charge in [-0.2, -0.15) is 13.2 Å². The number of guanidine groups is 1. The summed E-state index contributed by atoms with van der Waals surface area (Å²) in [6.45, 7) is 0. The molecule has 0 aliphatic rings. The molecule has 0 saturated heterocycles. The first-order valence-corrected chi connectivity index (χ1v) is 5.74. The summed E-state index contributed by atoms with van der Waals surface area (Å²) in [4.78, 5) is 1.81. The molecule has 0 saturated carbocycles. The van der Waals surface area contributed by atoms with Gasteiger partial charge in [-0.3, -0.25) is 10.4 Å². The summed E-state index contributed by atoms with van der Waals surface area (Å²) >= 11 is 0. The Morgan fingerprint density at radius 1 is 1.29 bits per heavy atom. The van der Waals surface area contributed by atoms with Crippen LogP contribution in [0.2, 0.25) is 0 Å². The maximum Gasteiger partial charge on any atom is 0.276 e. The first-order valence-electron chi connectivity index (χ1n) is 4.26. The van der Waals surface area contributed by atoms with Gasteiger partial charge in [-0.1, -0.05) is 18.2 Å². The van der Waals surface area contributed by atoms with Crippen molar-refractivity contribution in [2.24, 2.45) is 10.8 Å². The number of rotatable bonds is 4. The van der Waals surface area contributed by atoms with Crippen LogP contribution in [0.25, 0.3) is 0 Å². The fourth-order valence-electron chi connectivity index (χ4n) is 0.889. The fourth-order valence-corrected chi connectivity index (χ4v) is 1.73. The zero-order valence-electron chi connectivity index (χ0n) is 8.48. The molecule has 0 spiro atoms. The summed E-state index contributed by atoms with van der Waals surface area (Å²) in [5.41, 5.74) is 6.82. The highest BCUT2D eigenvalue weighted by Crippen LogP contribution is 2.06. The molecule has 6 N–H and O–H groups in total. The number of nitrogens with zero attached hydrogens (tertiary/aromatic N) is 2. The van der Waals surface area contributed by atoms with Gasteiger partial charge < -0.3 is 5.73 Å². The molecule has 1 aromatic carbocycles. The zero-order valence-corrected chi connectivity index (χ0v) is 9.29. The number of hydrogen-bond acceptors (Lipinski definition) is 6. The fraction of sp³-hybridized carbons (Fsp3) is 0. The van der Waals surface area contributed by atoms with E-state index in [4.69, 9.17) is 16.1 Å². The van der Waals surface area contributed by atoms with E-state index in [1.165, 1.54) is 12.1 Å². The van der Waals surface area contributed by atoms with Gasteiger partial charge in [0.2, 0.25) is 5.96 Å². The molecule has 17 heavy (non-hydrogen) atoms. The molecule has 0 bridgehead atoms. The summed E-state index contributed by atoms with van der Waals surface area (Å²) in [5.74, 6) is -0.547. The highest BCUT2D eigenvalue weighted by atomic mass is 32.2. The van der Waals surface area contributed by atoms with Gasteiger partial charge in [-0.25, -0.2) is 5.43 Å². The van der Waals surface area contributed by atoms with Gasteiger partial charge in [-0.15, -0.1) is 5.10 Å². The molecule has 0 amide bonds. The van der Waals surface area contributed by atoms with E-state index in [2.05, 4.69) is 5.10 Å². The number of sulfonamides is 1. The van der Waals surface area contributed by atoms with E-state index < -0.39 is 21.3 Å². The standard InChI is InChI=1S/C7H11N5O4S/c8-7(10-12(13)14)9-11-17(15,16)6-4-2-1-3-5-6/h1-5,11,13-14H,(H3,8,9,10).